The van der Waals surface area contributed by atoms with Gasteiger partial charge in [0.1, 0.15) is 11.9 Å². The second-order valence-corrected chi connectivity index (χ2v) is 7.19. The van der Waals surface area contributed by atoms with Crippen molar-refractivity contribution in [1.82, 2.24) is 4.90 Å². The molecule has 4 rings (SSSR count). The normalized spacial score (nSPS) is 22.2. The number of nitrogens with one attached hydrogen (secondary N) is 1. The molecule has 26 heavy (non-hydrogen) atoms. The minimum absolute atomic E-state index is 0.0169. The molecule has 0 unspecified atom stereocenters. The van der Waals surface area contributed by atoms with Gasteiger partial charge < -0.3 is 20.1 Å². The van der Waals surface area contributed by atoms with Gasteiger partial charge in [0.05, 0.1) is 11.7 Å². The van der Waals surface area contributed by atoms with E-state index < -0.39 is 0 Å². The SMILES string of the molecule is Cc1cc([C@H]2Nc3ccccc3C(=O)N2C[C@@H]2CCCO2)cc(C)c1O. The smallest absolute Gasteiger partial charge is 0.257 e. The zero-order chi connectivity index (χ0) is 18.3. The summed E-state index contributed by atoms with van der Waals surface area (Å²) < 4.78 is 5.78. The van der Waals surface area contributed by atoms with Crippen molar-refractivity contribution in [2.24, 2.45) is 0 Å². The van der Waals surface area contributed by atoms with Crippen LogP contribution in [0.5, 0.6) is 5.75 Å². The average Bonchev–Trinajstić information content (AvgIpc) is 3.15. The topological polar surface area (TPSA) is 61.8 Å². The fourth-order valence-electron chi connectivity index (χ4n) is 3.90. The minimum Gasteiger partial charge on any atom is -0.507 e. The van der Waals surface area contributed by atoms with Crippen molar-refractivity contribution in [3.8, 4) is 5.75 Å². The molecule has 1 saturated heterocycles. The van der Waals surface area contributed by atoms with Gasteiger partial charge in [-0.2, -0.15) is 0 Å². The maximum absolute atomic E-state index is 13.2. The van der Waals surface area contributed by atoms with Crippen molar-refractivity contribution in [2.75, 3.05) is 18.5 Å². The molecule has 0 aliphatic carbocycles. The fraction of sp³-hybridized carbons (Fsp3) is 0.381. The Balaban J connectivity index is 1.75. The van der Waals surface area contributed by atoms with E-state index in [1.165, 1.54) is 0 Å². The van der Waals surface area contributed by atoms with Crippen LogP contribution in [0.2, 0.25) is 0 Å². The predicted octanol–water partition coefficient (Wildman–Crippen LogP) is 3.75. The fourth-order valence-corrected chi connectivity index (χ4v) is 3.90. The molecule has 0 bridgehead atoms. The highest BCUT2D eigenvalue weighted by atomic mass is 16.5. The lowest BCUT2D eigenvalue weighted by Gasteiger charge is -2.39. The molecule has 2 aromatic carbocycles. The number of rotatable bonds is 3. The van der Waals surface area contributed by atoms with Gasteiger partial charge in [-0.15, -0.1) is 0 Å². The summed E-state index contributed by atoms with van der Waals surface area (Å²) in [5.74, 6) is 0.324. The summed E-state index contributed by atoms with van der Waals surface area (Å²) in [6.07, 6.45) is 1.82. The number of hydrogen-bond donors (Lipinski definition) is 2. The number of benzene rings is 2. The third-order valence-corrected chi connectivity index (χ3v) is 5.28. The molecule has 0 spiro atoms. The van der Waals surface area contributed by atoms with Crippen LogP contribution < -0.4 is 5.32 Å². The number of aryl methyl sites for hydroxylation is 2. The molecule has 2 aromatic rings. The van der Waals surface area contributed by atoms with Crippen molar-refractivity contribution < 1.29 is 14.6 Å². The summed E-state index contributed by atoms with van der Waals surface area (Å²) >= 11 is 0. The number of amides is 1. The van der Waals surface area contributed by atoms with Gasteiger partial charge >= 0.3 is 0 Å². The second-order valence-electron chi connectivity index (χ2n) is 7.19. The van der Waals surface area contributed by atoms with E-state index in [0.29, 0.717) is 17.9 Å². The van der Waals surface area contributed by atoms with Gasteiger partial charge in [0.15, 0.2) is 0 Å². The summed E-state index contributed by atoms with van der Waals surface area (Å²) in [6, 6.07) is 11.5. The average molecular weight is 352 g/mol. The number of phenolic OH excluding ortho intramolecular Hbond substituents is 1. The Labute approximate surface area is 153 Å². The largest absolute Gasteiger partial charge is 0.507 e. The first-order chi connectivity index (χ1) is 12.5. The molecular weight excluding hydrogens is 328 g/mol. The van der Waals surface area contributed by atoms with Crippen LogP contribution in [0.4, 0.5) is 5.69 Å². The van der Waals surface area contributed by atoms with Gasteiger partial charge in [0, 0.05) is 18.8 Å². The Hall–Kier alpha value is -2.53. The maximum atomic E-state index is 13.2. The molecule has 2 aliphatic heterocycles. The Morgan fingerprint density at radius 1 is 1.23 bits per heavy atom. The first kappa shape index (κ1) is 16.9. The standard InChI is InChI=1S/C21H24N2O3/c1-13-10-15(11-14(2)19(13)24)20-22-18-8-4-3-7-17(18)21(25)23(20)12-16-6-5-9-26-16/h3-4,7-8,10-11,16,20,22,24H,5-6,9,12H2,1-2H3/t16-,20-/m0/s1. The monoisotopic (exact) mass is 352 g/mol. The first-order valence-corrected chi connectivity index (χ1v) is 9.13. The Bertz CT molecular complexity index is 820. The van der Waals surface area contributed by atoms with Crippen LogP contribution in [0, 0.1) is 13.8 Å². The number of carbonyl (C=O) groups is 1. The van der Waals surface area contributed by atoms with E-state index in [-0.39, 0.29) is 18.2 Å². The third-order valence-electron chi connectivity index (χ3n) is 5.28. The molecule has 5 heteroatoms. The maximum Gasteiger partial charge on any atom is 0.257 e. The molecule has 0 saturated carbocycles. The van der Waals surface area contributed by atoms with Gasteiger partial charge in [0.2, 0.25) is 0 Å². The molecule has 2 aliphatic rings. The summed E-state index contributed by atoms with van der Waals surface area (Å²) in [4.78, 5) is 15.1. The zero-order valence-electron chi connectivity index (χ0n) is 15.2. The number of aromatic hydroxyl groups is 1. The number of ether oxygens (including phenoxy) is 1. The Kier molecular flexibility index (Phi) is 4.32. The van der Waals surface area contributed by atoms with Gasteiger partial charge in [0.25, 0.3) is 5.91 Å². The predicted molar refractivity (Wildman–Crippen MR) is 100 cm³/mol. The van der Waals surface area contributed by atoms with Crippen LogP contribution in [-0.4, -0.2) is 35.2 Å². The number of anilines is 1. The molecule has 1 fully saturated rings. The third kappa shape index (κ3) is 2.92. The number of carbonyl (C=O) groups excluding carboxylic acids is 1. The molecule has 136 valence electrons. The second kappa shape index (κ2) is 6.65. The molecule has 5 nitrogen and oxygen atoms in total. The highest BCUT2D eigenvalue weighted by Gasteiger charge is 2.35. The van der Waals surface area contributed by atoms with E-state index in [9.17, 15) is 9.90 Å². The lowest BCUT2D eigenvalue weighted by Crippen LogP contribution is -2.46. The van der Waals surface area contributed by atoms with E-state index in [2.05, 4.69) is 5.32 Å². The van der Waals surface area contributed by atoms with E-state index in [0.717, 1.165) is 41.8 Å². The summed E-state index contributed by atoms with van der Waals surface area (Å²) in [6.45, 7) is 5.09. The first-order valence-electron chi connectivity index (χ1n) is 9.13. The van der Waals surface area contributed by atoms with Crippen molar-refractivity contribution in [3.63, 3.8) is 0 Å². The molecule has 0 radical (unpaired) electrons. The molecule has 2 atom stereocenters. The Morgan fingerprint density at radius 3 is 2.65 bits per heavy atom. The number of phenols is 1. The van der Waals surface area contributed by atoms with Crippen molar-refractivity contribution >= 4 is 11.6 Å². The lowest BCUT2D eigenvalue weighted by molar-refractivity contribution is 0.0427. The van der Waals surface area contributed by atoms with Gasteiger partial charge in [-0.25, -0.2) is 0 Å². The number of fused-ring (bicyclic) bond motifs is 1. The van der Waals surface area contributed by atoms with Gasteiger partial charge in [-0.3, -0.25) is 4.79 Å². The van der Waals surface area contributed by atoms with Crippen LogP contribution in [0.3, 0.4) is 0 Å². The lowest BCUT2D eigenvalue weighted by atomic mass is 9.99. The van der Waals surface area contributed by atoms with Crippen LogP contribution in [-0.2, 0) is 4.74 Å². The quantitative estimate of drug-likeness (QED) is 0.883. The van der Waals surface area contributed by atoms with Crippen LogP contribution in [0.1, 0.15) is 46.1 Å². The molecular formula is C21H24N2O3. The van der Waals surface area contributed by atoms with Gasteiger partial charge in [-0.1, -0.05) is 12.1 Å². The highest BCUT2D eigenvalue weighted by Crippen LogP contribution is 2.36. The van der Waals surface area contributed by atoms with Crippen molar-refractivity contribution in [2.45, 2.75) is 39.0 Å². The number of hydrogen-bond acceptors (Lipinski definition) is 4. The van der Waals surface area contributed by atoms with Crippen LogP contribution in [0.25, 0.3) is 0 Å². The van der Waals surface area contributed by atoms with E-state index in [1.54, 1.807) is 0 Å². The summed E-state index contributed by atoms with van der Waals surface area (Å²) in [5.41, 5.74) is 4.12. The number of nitrogens with zero attached hydrogens (tertiary/aromatic N) is 1. The molecule has 2 N–H and O–H groups in total. The highest BCUT2D eigenvalue weighted by molar-refractivity contribution is 6.01. The molecule has 0 aromatic heterocycles. The van der Waals surface area contributed by atoms with Crippen molar-refractivity contribution in [3.05, 3.63) is 58.7 Å². The Morgan fingerprint density at radius 2 is 1.96 bits per heavy atom. The van der Waals surface area contributed by atoms with Gasteiger partial charge in [-0.05, 0) is 67.6 Å². The van der Waals surface area contributed by atoms with E-state index in [4.69, 9.17) is 4.74 Å². The molecule has 1 amide bonds. The van der Waals surface area contributed by atoms with E-state index >= 15 is 0 Å². The van der Waals surface area contributed by atoms with Crippen molar-refractivity contribution in [1.29, 1.82) is 0 Å². The van der Waals surface area contributed by atoms with E-state index in [1.807, 2.05) is 55.1 Å². The summed E-state index contributed by atoms with van der Waals surface area (Å²) in [7, 11) is 0. The number of para-hydroxylation sites is 1. The molecule has 2 heterocycles. The zero-order valence-corrected chi connectivity index (χ0v) is 15.2. The van der Waals surface area contributed by atoms with Crippen LogP contribution >= 0.6 is 0 Å². The van der Waals surface area contributed by atoms with Crippen LogP contribution in [0.15, 0.2) is 36.4 Å². The minimum atomic E-state index is -0.278. The summed E-state index contributed by atoms with van der Waals surface area (Å²) in [5, 5.41) is 13.6.